The van der Waals surface area contributed by atoms with E-state index in [9.17, 15) is 8.42 Å². The first kappa shape index (κ1) is 29.8. The number of sulfonamides is 1. The lowest BCUT2D eigenvalue weighted by molar-refractivity contribution is 0.0119. The van der Waals surface area contributed by atoms with Crippen LogP contribution in [0.2, 0.25) is 0 Å². The summed E-state index contributed by atoms with van der Waals surface area (Å²) in [6, 6.07) is 7.08. The van der Waals surface area contributed by atoms with Crippen molar-refractivity contribution in [1.29, 1.82) is 0 Å². The summed E-state index contributed by atoms with van der Waals surface area (Å²) in [6.45, 7) is 5.64. The lowest BCUT2D eigenvalue weighted by Crippen LogP contribution is -2.34. The average Bonchev–Trinajstić information content (AvgIpc) is 3.37. The summed E-state index contributed by atoms with van der Waals surface area (Å²) in [7, 11) is 0.371. The van der Waals surface area contributed by atoms with Gasteiger partial charge in [0.1, 0.15) is 28.5 Å². The fourth-order valence-corrected chi connectivity index (χ4v) is 5.19. The number of methoxy groups -OCH3 is 3. The quantitative estimate of drug-likeness (QED) is 0.231. The zero-order valence-electron chi connectivity index (χ0n) is 23.7. The minimum atomic E-state index is -4.17. The van der Waals surface area contributed by atoms with E-state index in [1.54, 1.807) is 43.0 Å². The van der Waals surface area contributed by atoms with Crippen molar-refractivity contribution >= 4 is 16.0 Å². The molecule has 218 valence electrons. The summed E-state index contributed by atoms with van der Waals surface area (Å²) < 4.78 is 54.1. The van der Waals surface area contributed by atoms with Crippen LogP contribution in [-0.4, -0.2) is 77.9 Å². The minimum absolute atomic E-state index is 0.0865. The van der Waals surface area contributed by atoms with Crippen LogP contribution in [0.4, 0.5) is 5.95 Å². The number of pyridine rings is 1. The summed E-state index contributed by atoms with van der Waals surface area (Å²) in [5.74, 6) is 1.28. The maximum atomic E-state index is 13.9. The molecule has 13 nitrogen and oxygen atoms in total. The summed E-state index contributed by atoms with van der Waals surface area (Å²) >= 11 is 0. The third-order valence-electron chi connectivity index (χ3n) is 6.21. The van der Waals surface area contributed by atoms with E-state index < -0.39 is 21.4 Å². The van der Waals surface area contributed by atoms with Gasteiger partial charge in [-0.1, -0.05) is 6.07 Å². The van der Waals surface area contributed by atoms with Gasteiger partial charge >= 0.3 is 0 Å². The highest BCUT2D eigenvalue weighted by atomic mass is 32.2. The molecule has 0 aliphatic carbocycles. The van der Waals surface area contributed by atoms with E-state index in [-0.39, 0.29) is 25.0 Å². The van der Waals surface area contributed by atoms with E-state index in [1.165, 1.54) is 32.8 Å². The number of hydrogen-bond donors (Lipinski definition) is 1. The van der Waals surface area contributed by atoms with Crippen molar-refractivity contribution < 1.29 is 27.4 Å². The Bertz CT molecular complexity index is 1560. The first-order valence-corrected chi connectivity index (χ1v) is 14.2. The van der Waals surface area contributed by atoms with Gasteiger partial charge in [0.05, 0.1) is 27.4 Å². The Hall–Kier alpha value is -4.14. The number of aryl methyl sites for hydroxylation is 2. The van der Waals surface area contributed by atoms with Crippen molar-refractivity contribution in [2.75, 3.05) is 39.3 Å². The van der Waals surface area contributed by atoms with Crippen molar-refractivity contribution in [3.05, 3.63) is 66.0 Å². The number of nitrogens with zero attached hydrogens (tertiary/aromatic N) is 6. The largest absolute Gasteiger partial charge is 0.494 e. The molecule has 0 fully saturated rings. The third kappa shape index (κ3) is 6.61. The van der Waals surface area contributed by atoms with Crippen molar-refractivity contribution in [1.82, 2.24) is 29.7 Å². The first-order chi connectivity index (χ1) is 19.7. The smallest absolute Gasteiger partial charge is 0.243 e. The average molecular weight is 584 g/mol. The minimum Gasteiger partial charge on any atom is -0.494 e. The number of aromatic nitrogens is 6. The van der Waals surface area contributed by atoms with E-state index >= 15 is 0 Å². The second-order valence-electron chi connectivity index (χ2n) is 9.20. The zero-order chi connectivity index (χ0) is 29.6. The molecular weight excluding hydrogens is 550 g/mol. The van der Waals surface area contributed by atoms with Crippen LogP contribution in [0.25, 0.3) is 17.1 Å². The molecule has 0 bridgehead atoms. The predicted octanol–water partition coefficient (Wildman–Crippen LogP) is 3.29. The van der Waals surface area contributed by atoms with E-state index in [0.29, 0.717) is 28.6 Å². The SMILES string of the molecule is COCCOC(c1ncc(C)cn1)C(C)S(=O)(=O)Nc1nnc(-c2cncc(C)c2)n1-c1c(OC)cccc1OC. The maximum absolute atomic E-state index is 13.9. The molecule has 3 aromatic heterocycles. The molecule has 1 aromatic carbocycles. The third-order valence-corrected chi connectivity index (χ3v) is 7.90. The Kier molecular flexibility index (Phi) is 9.47. The number of nitrogens with one attached hydrogen (secondary N) is 1. The van der Waals surface area contributed by atoms with Gasteiger partial charge in [-0.15, -0.1) is 10.2 Å². The van der Waals surface area contributed by atoms with E-state index in [1.807, 2.05) is 19.9 Å². The van der Waals surface area contributed by atoms with Crippen LogP contribution in [0.3, 0.4) is 0 Å². The highest BCUT2D eigenvalue weighted by Crippen LogP contribution is 2.38. The van der Waals surface area contributed by atoms with Gasteiger partial charge in [-0.25, -0.2) is 18.4 Å². The molecule has 0 saturated heterocycles. The number of hydrogen-bond acceptors (Lipinski definition) is 11. The normalized spacial score (nSPS) is 13.0. The molecule has 0 spiro atoms. The number of anilines is 1. The van der Waals surface area contributed by atoms with Gasteiger partial charge in [-0.3, -0.25) is 14.3 Å². The Morgan fingerprint density at radius 1 is 0.927 bits per heavy atom. The monoisotopic (exact) mass is 583 g/mol. The number of para-hydroxylation sites is 1. The van der Waals surface area contributed by atoms with Gasteiger partial charge in [-0.05, 0) is 50.1 Å². The molecule has 0 saturated carbocycles. The van der Waals surface area contributed by atoms with Crippen LogP contribution < -0.4 is 14.2 Å². The molecule has 4 aromatic rings. The van der Waals surface area contributed by atoms with Crippen LogP contribution in [0.1, 0.15) is 30.0 Å². The molecule has 0 amide bonds. The number of ether oxygens (including phenoxy) is 4. The molecule has 2 atom stereocenters. The molecule has 0 aliphatic rings. The Labute approximate surface area is 239 Å². The molecule has 2 unspecified atom stereocenters. The molecule has 41 heavy (non-hydrogen) atoms. The summed E-state index contributed by atoms with van der Waals surface area (Å²) in [6.07, 6.45) is 5.53. The fraction of sp³-hybridized carbons (Fsp3) is 0.370. The Balaban J connectivity index is 1.82. The van der Waals surface area contributed by atoms with Crippen LogP contribution in [0.15, 0.2) is 49.1 Å². The lowest BCUT2D eigenvalue weighted by Gasteiger charge is -2.24. The standard InChI is InChI=1S/C27H33N7O6S/c1-17-12-20(16-28-13-17)26-31-32-27(34(26)23-21(38-5)8-7-9-22(23)39-6)33-41(35,36)19(3)24(40-11-10-37-4)25-29-14-18(2)15-30-25/h7-9,12-16,19,24H,10-11H2,1-6H3,(H,32,33). The highest BCUT2D eigenvalue weighted by Gasteiger charge is 2.35. The lowest BCUT2D eigenvalue weighted by atomic mass is 10.2. The molecule has 0 aliphatic heterocycles. The van der Waals surface area contributed by atoms with E-state index in [0.717, 1.165) is 11.1 Å². The van der Waals surface area contributed by atoms with E-state index in [4.69, 9.17) is 18.9 Å². The second kappa shape index (κ2) is 13.0. The summed E-state index contributed by atoms with van der Waals surface area (Å²) in [4.78, 5) is 12.9. The molecule has 14 heteroatoms. The van der Waals surface area contributed by atoms with Crippen molar-refractivity contribution in [3.63, 3.8) is 0 Å². The van der Waals surface area contributed by atoms with Crippen LogP contribution in [0, 0.1) is 13.8 Å². The van der Waals surface area contributed by atoms with Gasteiger partial charge in [-0.2, -0.15) is 0 Å². The van der Waals surface area contributed by atoms with Crippen molar-refractivity contribution in [2.24, 2.45) is 0 Å². The summed E-state index contributed by atoms with van der Waals surface area (Å²) in [5, 5.41) is 7.42. The highest BCUT2D eigenvalue weighted by molar-refractivity contribution is 7.93. The number of rotatable bonds is 13. The second-order valence-corrected chi connectivity index (χ2v) is 11.2. The molecular formula is C27H33N7O6S. The van der Waals surface area contributed by atoms with Gasteiger partial charge in [0.2, 0.25) is 16.0 Å². The molecule has 3 heterocycles. The van der Waals surface area contributed by atoms with Gasteiger partial charge < -0.3 is 18.9 Å². The van der Waals surface area contributed by atoms with Crippen LogP contribution >= 0.6 is 0 Å². The first-order valence-electron chi connectivity index (χ1n) is 12.7. The summed E-state index contributed by atoms with van der Waals surface area (Å²) in [5.41, 5.74) is 2.72. The topological polar surface area (TPSA) is 152 Å². The Morgan fingerprint density at radius 3 is 2.22 bits per heavy atom. The molecule has 1 N–H and O–H groups in total. The fourth-order valence-electron chi connectivity index (χ4n) is 4.09. The van der Waals surface area contributed by atoms with Crippen molar-refractivity contribution in [2.45, 2.75) is 32.1 Å². The van der Waals surface area contributed by atoms with Crippen molar-refractivity contribution in [3.8, 4) is 28.6 Å². The van der Waals surface area contributed by atoms with Gasteiger partial charge in [0.15, 0.2) is 11.6 Å². The van der Waals surface area contributed by atoms with E-state index in [2.05, 4.69) is 29.9 Å². The van der Waals surface area contributed by atoms with Crippen LogP contribution in [0.5, 0.6) is 11.5 Å². The zero-order valence-corrected chi connectivity index (χ0v) is 24.5. The predicted molar refractivity (Wildman–Crippen MR) is 152 cm³/mol. The maximum Gasteiger partial charge on any atom is 0.243 e. The molecule has 4 rings (SSSR count). The molecule has 0 radical (unpaired) electrons. The number of benzene rings is 1. The Morgan fingerprint density at radius 2 is 1.61 bits per heavy atom. The van der Waals surface area contributed by atoms with Crippen LogP contribution in [-0.2, 0) is 19.5 Å². The van der Waals surface area contributed by atoms with Gasteiger partial charge in [0.25, 0.3) is 0 Å². The van der Waals surface area contributed by atoms with Gasteiger partial charge in [0, 0.05) is 37.5 Å².